The van der Waals surface area contributed by atoms with E-state index in [1.165, 1.54) is 0 Å². The standard InChI is InChI=1S/C18H15N3O2/c1-22-14-7-13(8-15(9-14)23-2)21-18-12(10-19)11-20-17-6-4-3-5-16(17)18/h3-9,11H,1-2H3,(H,20,21). The maximum Gasteiger partial charge on any atom is 0.124 e. The van der Waals surface area contributed by atoms with Gasteiger partial charge in [0.1, 0.15) is 17.6 Å². The molecule has 5 heteroatoms. The highest BCUT2D eigenvalue weighted by atomic mass is 16.5. The van der Waals surface area contributed by atoms with Gasteiger partial charge >= 0.3 is 0 Å². The van der Waals surface area contributed by atoms with Gasteiger partial charge in [-0.15, -0.1) is 0 Å². The summed E-state index contributed by atoms with van der Waals surface area (Å²) in [4.78, 5) is 4.31. The van der Waals surface area contributed by atoms with E-state index in [0.717, 1.165) is 16.6 Å². The van der Waals surface area contributed by atoms with E-state index in [0.29, 0.717) is 22.7 Å². The number of para-hydroxylation sites is 1. The molecular weight excluding hydrogens is 290 g/mol. The van der Waals surface area contributed by atoms with Crippen molar-refractivity contribution in [1.29, 1.82) is 5.26 Å². The number of benzene rings is 2. The molecule has 0 amide bonds. The topological polar surface area (TPSA) is 67.2 Å². The highest BCUT2D eigenvalue weighted by Crippen LogP contribution is 2.32. The number of hydrogen-bond acceptors (Lipinski definition) is 5. The predicted molar refractivity (Wildman–Crippen MR) is 89.3 cm³/mol. The molecule has 0 saturated carbocycles. The van der Waals surface area contributed by atoms with Crippen LogP contribution in [0, 0.1) is 11.3 Å². The molecular formula is C18H15N3O2. The molecule has 23 heavy (non-hydrogen) atoms. The van der Waals surface area contributed by atoms with Crippen LogP contribution in [-0.4, -0.2) is 19.2 Å². The Morgan fingerprint density at radius 1 is 1.04 bits per heavy atom. The van der Waals surface area contributed by atoms with Crippen LogP contribution in [0.5, 0.6) is 11.5 Å². The largest absolute Gasteiger partial charge is 0.497 e. The van der Waals surface area contributed by atoms with Crippen LogP contribution in [-0.2, 0) is 0 Å². The van der Waals surface area contributed by atoms with Crippen LogP contribution in [0.4, 0.5) is 11.4 Å². The lowest BCUT2D eigenvalue weighted by atomic mass is 10.1. The second-order valence-electron chi connectivity index (χ2n) is 4.90. The van der Waals surface area contributed by atoms with Crippen molar-refractivity contribution < 1.29 is 9.47 Å². The molecule has 3 rings (SSSR count). The van der Waals surface area contributed by atoms with Crippen LogP contribution in [0.1, 0.15) is 5.56 Å². The molecule has 114 valence electrons. The number of hydrogen-bond donors (Lipinski definition) is 1. The molecule has 0 fully saturated rings. The van der Waals surface area contributed by atoms with E-state index in [4.69, 9.17) is 9.47 Å². The Bertz CT molecular complexity index is 878. The molecule has 1 heterocycles. The molecule has 0 unspecified atom stereocenters. The van der Waals surface area contributed by atoms with E-state index >= 15 is 0 Å². The number of pyridine rings is 1. The van der Waals surface area contributed by atoms with Gasteiger partial charge in [0.2, 0.25) is 0 Å². The smallest absolute Gasteiger partial charge is 0.124 e. The summed E-state index contributed by atoms with van der Waals surface area (Å²) in [6, 6.07) is 15.3. The molecule has 0 aliphatic rings. The third-order valence-corrected chi connectivity index (χ3v) is 3.52. The maximum absolute atomic E-state index is 9.38. The molecule has 1 aromatic heterocycles. The van der Waals surface area contributed by atoms with E-state index in [1.807, 2.05) is 36.4 Å². The molecule has 0 bridgehead atoms. The average molecular weight is 305 g/mol. The van der Waals surface area contributed by atoms with E-state index in [2.05, 4.69) is 16.4 Å². The van der Waals surface area contributed by atoms with E-state index < -0.39 is 0 Å². The fraction of sp³-hybridized carbons (Fsp3) is 0.111. The number of aromatic nitrogens is 1. The van der Waals surface area contributed by atoms with Crippen LogP contribution in [0.25, 0.3) is 10.9 Å². The molecule has 5 nitrogen and oxygen atoms in total. The second-order valence-corrected chi connectivity index (χ2v) is 4.90. The number of rotatable bonds is 4. The molecule has 0 aliphatic heterocycles. The Morgan fingerprint density at radius 3 is 2.39 bits per heavy atom. The quantitative estimate of drug-likeness (QED) is 0.792. The molecule has 2 aromatic carbocycles. The minimum Gasteiger partial charge on any atom is -0.497 e. The van der Waals surface area contributed by atoms with Gasteiger partial charge in [0, 0.05) is 35.5 Å². The van der Waals surface area contributed by atoms with Gasteiger partial charge in [0.05, 0.1) is 31.0 Å². The average Bonchev–Trinajstić information content (AvgIpc) is 2.61. The van der Waals surface area contributed by atoms with E-state index in [-0.39, 0.29) is 0 Å². The number of fused-ring (bicyclic) bond motifs is 1. The molecule has 0 aliphatic carbocycles. The third-order valence-electron chi connectivity index (χ3n) is 3.52. The van der Waals surface area contributed by atoms with Crippen molar-refractivity contribution in [1.82, 2.24) is 4.98 Å². The Labute approximate surface area is 134 Å². The zero-order valence-electron chi connectivity index (χ0n) is 12.8. The van der Waals surface area contributed by atoms with Crippen molar-refractivity contribution in [3.05, 3.63) is 54.2 Å². The van der Waals surface area contributed by atoms with Gasteiger partial charge in [-0.05, 0) is 6.07 Å². The first-order valence-corrected chi connectivity index (χ1v) is 7.03. The Balaban J connectivity index is 2.13. The zero-order valence-corrected chi connectivity index (χ0v) is 12.8. The van der Waals surface area contributed by atoms with Gasteiger partial charge in [-0.3, -0.25) is 4.98 Å². The van der Waals surface area contributed by atoms with Gasteiger partial charge in [-0.25, -0.2) is 0 Å². The van der Waals surface area contributed by atoms with Crippen molar-refractivity contribution >= 4 is 22.3 Å². The molecule has 0 spiro atoms. The summed E-state index contributed by atoms with van der Waals surface area (Å²) in [5.74, 6) is 1.34. The summed E-state index contributed by atoms with van der Waals surface area (Å²) < 4.78 is 10.6. The Hall–Kier alpha value is -3.26. The lowest BCUT2D eigenvalue weighted by Crippen LogP contribution is -1.98. The highest BCUT2D eigenvalue weighted by Gasteiger charge is 2.10. The predicted octanol–water partition coefficient (Wildman–Crippen LogP) is 3.87. The summed E-state index contributed by atoms with van der Waals surface area (Å²) in [6.45, 7) is 0. The minimum atomic E-state index is 0.477. The fourth-order valence-corrected chi connectivity index (χ4v) is 2.38. The number of anilines is 2. The third kappa shape index (κ3) is 2.87. The van der Waals surface area contributed by atoms with Crippen molar-refractivity contribution in [2.24, 2.45) is 0 Å². The highest BCUT2D eigenvalue weighted by molar-refractivity contribution is 5.95. The number of nitriles is 1. The minimum absolute atomic E-state index is 0.477. The lowest BCUT2D eigenvalue weighted by Gasteiger charge is -2.13. The van der Waals surface area contributed by atoms with Crippen LogP contribution >= 0.6 is 0 Å². The monoisotopic (exact) mass is 305 g/mol. The van der Waals surface area contributed by atoms with Crippen LogP contribution in [0.15, 0.2) is 48.7 Å². The SMILES string of the molecule is COc1cc(Nc2c(C#N)cnc3ccccc23)cc(OC)c1. The van der Waals surface area contributed by atoms with Gasteiger partial charge in [-0.2, -0.15) is 5.26 Å². The van der Waals surface area contributed by atoms with Gasteiger partial charge in [-0.1, -0.05) is 18.2 Å². The first-order valence-electron chi connectivity index (χ1n) is 7.03. The molecule has 3 aromatic rings. The van der Waals surface area contributed by atoms with Crippen molar-refractivity contribution in [2.75, 3.05) is 19.5 Å². The summed E-state index contributed by atoms with van der Waals surface area (Å²) in [7, 11) is 3.20. The van der Waals surface area contributed by atoms with Crippen molar-refractivity contribution in [3.8, 4) is 17.6 Å². The van der Waals surface area contributed by atoms with E-state index in [1.54, 1.807) is 26.5 Å². The summed E-state index contributed by atoms with van der Waals surface area (Å²) in [6.07, 6.45) is 1.57. The van der Waals surface area contributed by atoms with E-state index in [9.17, 15) is 5.26 Å². The first-order chi connectivity index (χ1) is 11.2. The molecule has 1 N–H and O–H groups in total. The summed E-state index contributed by atoms with van der Waals surface area (Å²) in [5.41, 5.74) is 2.79. The van der Waals surface area contributed by atoms with Crippen LogP contribution in [0.2, 0.25) is 0 Å². The second kappa shape index (κ2) is 6.24. The number of methoxy groups -OCH3 is 2. The van der Waals surface area contributed by atoms with Crippen LogP contribution in [0.3, 0.4) is 0 Å². The Morgan fingerprint density at radius 2 is 1.74 bits per heavy atom. The summed E-state index contributed by atoms with van der Waals surface area (Å²) in [5, 5.41) is 13.6. The normalized spacial score (nSPS) is 10.1. The number of ether oxygens (including phenoxy) is 2. The zero-order chi connectivity index (χ0) is 16.2. The summed E-state index contributed by atoms with van der Waals surface area (Å²) >= 11 is 0. The van der Waals surface area contributed by atoms with Gasteiger partial charge < -0.3 is 14.8 Å². The fourth-order valence-electron chi connectivity index (χ4n) is 2.38. The molecule has 0 saturated heterocycles. The first kappa shape index (κ1) is 14.7. The number of nitrogens with one attached hydrogen (secondary N) is 1. The van der Waals surface area contributed by atoms with Gasteiger partial charge in [0.15, 0.2) is 0 Å². The maximum atomic E-state index is 9.38. The van der Waals surface area contributed by atoms with Gasteiger partial charge in [0.25, 0.3) is 0 Å². The Kier molecular flexibility index (Phi) is 3.98. The van der Waals surface area contributed by atoms with Crippen molar-refractivity contribution in [3.63, 3.8) is 0 Å². The molecule has 0 radical (unpaired) electrons. The lowest BCUT2D eigenvalue weighted by molar-refractivity contribution is 0.395. The van der Waals surface area contributed by atoms with Crippen molar-refractivity contribution in [2.45, 2.75) is 0 Å². The van der Waals surface area contributed by atoms with Crippen LogP contribution < -0.4 is 14.8 Å². The number of nitrogens with zero attached hydrogens (tertiary/aromatic N) is 2. The molecule has 0 atom stereocenters.